The predicted molar refractivity (Wildman–Crippen MR) is 24.3 cm³/mol. The molecule has 0 aromatic carbocycles. The first kappa shape index (κ1) is 13.3. The van der Waals surface area contributed by atoms with E-state index in [1.54, 1.807) is 0 Å². The summed E-state index contributed by atoms with van der Waals surface area (Å²) in [7, 11) is -5.24. The summed E-state index contributed by atoms with van der Waals surface area (Å²) >= 11 is 0. The molecule has 52 valence electrons. The Morgan fingerprint density at radius 1 is 1.33 bits per heavy atom. The van der Waals surface area contributed by atoms with Gasteiger partial charge in [-0.25, -0.2) is 0 Å². The Morgan fingerprint density at radius 2 is 1.67 bits per heavy atom. The first-order valence-corrected chi connectivity index (χ1v) is 2.80. The van der Waals surface area contributed by atoms with Crippen LogP contribution in [-0.2, 0) is 14.5 Å². The molecule has 0 aromatic rings. The molecule has 0 amide bonds. The molecule has 0 bridgehead atoms. The van der Waals surface area contributed by atoms with Crippen LogP contribution in [0.1, 0.15) is 0 Å². The molecular formula is CH2CsF3O3S. The fraction of sp³-hybridized carbons (Fsp3) is 1.00. The molecule has 0 aliphatic carbocycles. The number of halogens is 3. The van der Waals surface area contributed by atoms with Crippen molar-refractivity contribution in [1.82, 2.24) is 0 Å². The van der Waals surface area contributed by atoms with Gasteiger partial charge in [0.05, 0.1) is 0 Å². The second-order valence-electron chi connectivity index (χ2n) is 0.816. The zero-order chi connectivity index (χ0) is 6.78. The molecule has 0 unspecified atom stereocenters. The summed E-state index contributed by atoms with van der Waals surface area (Å²) in [6.45, 7) is 0. The van der Waals surface area contributed by atoms with Gasteiger partial charge in [0.25, 0.3) is 0 Å². The summed E-state index contributed by atoms with van der Waals surface area (Å²) in [4.78, 5) is 0. The van der Waals surface area contributed by atoms with Crippen molar-refractivity contribution in [1.29, 1.82) is 0 Å². The minimum absolute atomic E-state index is 0. The summed E-state index contributed by atoms with van der Waals surface area (Å²) in [6, 6.07) is 0. The van der Waals surface area contributed by atoms with Crippen LogP contribution in [0.3, 0.4) is 0 Å². The summed E-state index contributed by atoms with van der Waals surface area (Å²) < 4.78 is 52.8. The van der Waals surface area contributed by atoms with Gasteiger partial charge in [0.2, 0.25) is 0 Å². The van der Waals surface area contributed by atoms with E-state index in [2.05, 4.69) is 0 Å². The van der Waals surface area contributed by atoms with Crippen LogP contribution in [-0.4, -0.2) is 83.1 Å². The molecule has 0 aliphatic rings. The van der Waals surface area contributed by atoms with Gasteiger partial charge in [-0.1, -0.05) is 4.39 Å². The van der Waals surface area contributed by atoms with Crippen LogP contribution in [0.5, 0.6) is 0 Å². The first-order chi connectivity index (χ1) is 3.50. The molecule has 0 radical (unpaired) electrons. The summed E-state index contributed by atoms with van der Waals surface area (Å²) in [6.07, 6.45) is 0. The Hall–Kier alpha value is 1.75. The van der Waals surface area contributed by atoms with E-state index in [1.165, 1.54) is 0 Å². The maximum absolute atomic E-state index is 10.9. The Balaban J connectivity index is 0. The third-order valence-corrected chi connectivity index (χ3v) is 0.918. The van der Waals surface area contributed by atoms with Crippen molar-refractivity contribution in [2.45, 2.75) is 5.76 Å². The van der Waals surface area contributed by atoms with E-state index in [-0.39, 0.29) is 68.9 Å². The van der Waals surface area contributed by atoms with Crippen LogP contribution in [0, 0.1) is 0 Å². The molecule has 0 heterocycles. The van der Waals surface area contributed by atoms with Gasteiger partial charge in [0.15, 0.2) is 0 Å². The Morgan fingerprint density at radius 3 is 1.67 bits per heavy atom. The van der Waals surface area contributed by atoms with Crippen LogP contribution < -0.4 is 0 Å². The standard InChI is InChI=1S/CHF3O3S.Cs.H/c2-1(3)8(5,6)7-4;;/h1H;;. The monoisotopic (exact) mass is 284 g/mol. The van der Waals surface area contributed by atoms with E-state index in [0.29, 0.717) is 0 Å². The van der Waals surface area contributed by atoms with Crippen LogP contribution in [0.2, 0.25) is 0 Å². The molecule has 0 saturated carbocycles. The maximum atomic E-state index is 10.9. The SMILES string of the molecule is O=S(=O)(OF)C(F)F.[CsH]. The normalized spacial score (nSPS) is 11.1. The predicted octanol–water partition coefficient (Wildman–Crippen LogP) is -0.209. The van der Waals surface area contributed by atoms with Crippen molar-refractivity contribution in [3.8, 4) is 0 Å². The number of rotatable bonds is 2. The minimum atomic E-state index is -5.24. The van der Waals surface area contributed by atoms with E-state index in [9.17, 15) is 21.7 Å². The molecule has 0 saturated heterocycles. The molecule has 0 atom stereocenters. The van der Waals surface area contributed by atoms with Crippen molar-refractivity contribution >= 4 is 79.0 Å². The van der Waals surface area contributed by atoms with Crippen molar-refractivity contribution in [2.24, 2.45) is 0 Å². The average molecular weight is 284 g/mol. The molecule has 8 heteroatoms. The van der Waals surface area contributed by atoms with Crippen molar-refractivity contribution in [2.75, 3.05) is 0 Å². The summed E-state index contributed by atoms with van der Waals surface area (Å²) in [5, 5.41) is 0. The van der Waals surface area contributed by atoms with Gasteiger partial charge in [0.1, 0.15) is 0 Å². The van der Waals surface area contributed by atoms with E-state index in [1.807, 2.05) is 4.39 Å². The molecule has 3 nitrogen and oxygen atoms in total. The van der Waals surface area contributed by atoms with E-state index >= 15 is 0 Å². The zero-order valence-electron chi connectivity index (χ0n) is 3.34. The molecule has 0 rings (SSSR count). The van der Waals surface area contributed by atoms with Gasteiger partial charge in [0, 0.05) is 0 Å². The molecule has 0 fully saturated rings. The summed E-state index contributed by atoms with van der Waals surface area (Å²) in [5.41, 5.74) is 0. The van der Waals surface area contributed by atoms with Crippen molar-refractivity contribution in [3.05, 3.63) is 0 Å². The second kappa shape index (κ2) is 5.41. The molecular weight excluding hydrogens is 282 g/mol. The second-order valence-corrected chi connectivity index (χ2v) is 2.28. The third-order valence-electron chi connectivity index (χ3n) is 0.306. The van der Waals surface area contributed by atoms with Gasteiger partial charge >= 0.3 is 84.8 Å². The van der Waals surface area contributed by atoms with E-state index < -0.39 is 15.9 Å². The topological polar surface area (TPSA) is 43.4 Å². The van der Waals surface area contributed by atoms with Crippen molar-refractivity contribution in [3.63, 3.8) is 0 Å². The fourth-order valence-corrected chi connectivity index (χ4v) is 0.0825. The Labute approximate surface area is 108 Å². The molecule has 9 heavy (non-hydrogen) atoms. The van der Waals surface area contributed by atoms with Gasteiger partial charge < -0.3 is 0 Å². The molecule has 0 aliphatic heterocycles. The molecule has 0 N–H and O–H groups in total. The summed E-state index contributed by atoms with van der Waals surface area (Å²) in [5.74, 6) is -3.81. The number of alkyl halides is 2. The third kappa shape index (κ3) is 5.07. The van der Waals surface area contributed by atoms with Crippen LogP contribution in [0.4, 0.5) is 13.3 Å². The van der Waals surface area contributed by atoms with Crippen LogP contribution in [0.25, 0.3) is 0 Å². The zero-order valence-corrected chi connectivity index (χ0v) is 4.16. The van der Waals surface area contributed by atoms with Gasteiger partial charge in [-0.05, 0) is 4.53 Å². The molecule has 0 aromatic heterocycles. The Bertz CT molecular complexity index is 152. The van der Waals surface area contributed by atoms with E-state index in [4.69, 9.17) is 0 Å². The Kier molecular flexibility index (Phi) is 8.02. The average Bonchev–Trinajstić information content (AvgIpc) is 1.67. The number of hydrogen-bond acceptors (Lipinski definition) is 3. The van der Waals surface area contributed by atoms with Gasteiger partial charge in [-0.3, -0.25) is 0 Å². The number of hydrogen-bond donors (Lipinski definition) is 0. The van der Waals surface area contributed by atoms with Crippen LogP contribution >= 0.6 is 0 Å². The van der Waals surface area contributed by atoms with Crippen LogP contribution in [0.15, 0.2) is 0 Å². The van der Waals surface area contributed by atoms with Gasteiger partial charge in [-0.2, -0.15) is 17.2 Å². The fourth-order valence-electron chi connectivity index (χ4n) is 0.0275. The van der Waals surface area contributed by atoms with E-state index in [0.717, 1.165) is 0 Å². The first-order valence-electron chi connectivity index (χ1n) is 1.33. The van der Waals surface area contributed by atoms with Gasteiger partial charge in [-0.15, -0.1) is 0 Å². The molecule has 0 spiro atoms. The van der Waals surface area contributed by atoms with Crippen molar-refractivity contribution < 1.29 is 26.1 Å². The quantitative estimate of drug-likeness (QED) is 0.705.